The molecular weight excluding hydrogens is 462 g/mol. The van der Waals surface area contributed by atoms with E-state index >= 15 is 0 Å². The fourth-order valence-corrected chi connectivity index (χ4v) is 3.71. The van der Waals surface area contributed by atoms with Gasteiger partial charge < -0.3 is 10.8 Å². The highest BCUT2D eigenvalue weighted by molar-refractivity contribution is 7.86. The Kier molecular flexibility index (Phi) is 8.72. The number of phenols is 1. The maximum absolute atomic E-state index is 12.2. The first-order valence-corrected chi connectivity index (χ1v) is 11.2. The van der Waals surface area contributed by atoms with E-state index < -0.39 is 50.8 Å². The van der Waals surface area contributed by atoms with Crippen molar-refractivity contribution in [2.45, 2.75) is 36.6 Å². The fraction of sp³-hybridized carbons (Fsp3) is 0.250. The molecule has 2 rings (SSSR count). The quantitative estimate of drug-likeness (QED) is 0.258. The number of amides is 2. The van der Waals surface area contributed by atoms with Crippen LogP contribution in [0.3, 0.4) is 0 Å². The third-order valence-electron chi connectivity index (χ3n) is 4.39. The van der Waals surface area contributed by atoms with E-state index in [9.17, 15) is 27.9 Å². The molecular formula is C20H22ClN3O7S. The number of benzene rings is 2. The van der Waals surface area contributed by atoms with Crippen molar-refractivity contribution in [2.24, 2.45) is 5.73 Å². The second-order valence-electron chi connectivity index (χ2n) is 6.95. The van der Waals surface area contributed by atoms with Gasteiger partial charge in [0.1, 0.15) is 16.4 Å². The number of hydrogen-bond acceptors (Lipinski definition) is 7. The Morgan fingerprint density at radius 2 is 1.72 bits per heavy atom. The fourth-order valence-electron chi connectivity index (χ4n) is 2.76. The molecule has 6 N–H and O–H groups in total. The Morgan fingerprint density at radius 3 is 2.34 bits per heavy atom. The van der Waals surface area contributed by atoms with Gasteiger partial charge in [-0.1, -0.05) is 41.9 Å². The normalized spacial score (nSPS) is 12.1. The standard InChI is InChI=1S/C20H22ClN3O7S/c21-14-9-13(19(27)17(11-14)32(29,30)31)10-15(25)6-7-16(22)20(28)24-23-18(26)8-12-4-2-1-3-5-12/h1-5,9,11,16,27H,6-8,10,22H2,(H,23,26)(H,24,28)(H,29,30,31)/t16-/m0/s1. The van der Waals surface area contributed by atoms with Crippen LogP contribution >= 0.6 is 11.6 Å². The molecule has 0 saturated carbocycles. The molecule has 0 radical (unpaired) electrons. The van der Waals surface area contributed by atoms with E-state index in [1.165, 1.54) is 6.07 Å². The Hall–Kier alpha value is -2.99. The molecule has 0 aliphatic heterocycles. The van der Waals surface area contributed by atoms with Crippen molar-refractivity contribution in [3.05, 3.63) is 58.6 Å². The molecule has 1 atom stereocenters. The maximum Gasteiger partial charge on any atom is 0.298 e. The zero-order valence-electron chi connectivity index (χ0n) is 16.7. The first-order chi connectivity index (χ1) is 15.0. The van der Waals surface area contributed by atoms with E-state index in [-0.39, 0.29) is 29.8 Å². The van der Waals surface area contributed by atoms with Crippen molar-refractivity contribution in [2.75, 3.05) is 0 Å². The van der Waals surface area contributed by atoms with Gasteiger partial charge in [-0.15, -0.1) is 0 Å². The van der Waals surface area contributed by atoms with E-state index in [0.29, 0.717) is 0 Å². The summed E-state index contributed by atoms with van der Waals surface area (Å²) in [4.78, 5) is 35.3. The molecule has 0 unspecified atom stereocenters. The second kappa shape index (κ2) is 11.0. The molecule has 0 bridgehead atoms. The summed E-state index contributed by atoms with van der Waals surface area (Å²) in [6.45, 7) is 0. The van der Waals surface area contributed by atoms with E-state index in [0.717, 1.165) is 11.6 Å². The highest BCUT2D eigenvalue weighted by atomic mass is 35.5. The van der Waals surface area contributed by atoms with E-state index in [1.807, 2.05) is 6.07 Å². The highest BCUT2D eigenvalue weighted by Gasteiger charge is 2.22. The number of nitrogens with two attached hydrogens (primary N) is 1. The number of carbonyl (C=O) groups is 3. The molecule has 0 saturated heterocycles. The van der Waals surface area contributed by atoms with Crippen molar-refractivity contribution in [3.63, 3.8) is 0 Å². The van der Waals surface area contributed by atoms with E-state index in [2.05, 4.69) is 10.9 Å². The van der Waals surface area contributed by atoms with Gasteiger partial charge in [-0.05, 0) is 24.1 Å². The number of rotatable bonds is 9. The van der Waals surface area contributed by atoms with Crippen LogP contribution in [0.25, 0.3) is 0 Å². The Labute approximate surface area is 189 Å². The minimum Gasteiger partial charge on any atom is -0.506 e. The van der Waals surface area contributed by atoms with Crippen LogP contribution < -0.4 is 16.6 Å². The molecule has 2 amide bonds. The average molecular weight is 484 g/mol. The number of halogens is 1. The SMILES string of the molecule is N[C@@H](CCC(=O)Cc1cc(Cl)cc(S(=O)(=O)O)c1O)C(=O)NNC(=O)Cc1ccccc1. The molecule has 12 heteroatoms. The van der Waals surface area contributed by atoms with Crippen molar-refractivity contribution >= 4 is 39.3 Å². The largest absolute Gasteiger partial charge is 0.506 e. The number of phenolic OH excluding ortho intramolecular Hbond substituents is 1. The van der Waals surface area contributed by atoms with Crippen LogP contribution in [0.1, 0.15) is 24.0 Å². The molecule has 0 heterocycles. The number of nitrogens with one attached hydrogen (secondary N) is 2. The van der Waals surface area contributed by atoms with Gasteiger partial charge in [0.2, 0.25) is 5.91 Å². The van der Waals surface area contributed by atoms with E-state index in [1.54, 1.807) is 24.3 Å². The summed E-state index contributed by atoms with van der Waals surface area (Å²) in [5.41, 5.74) is 10.8. The number of aromatic hydroxyl groups is 1. The molecule has 10 nitrogen and oxygen atoms in total. The third kappa shape index (κ3) is 7.61. The van der Waals surface area contributed by atoms with Crippen LogP contribution in [0.2, 0.25) is 5.02 Å². The first-order valence-electron chi connectivity index (χ1n) is 9.36. The Bertz CT molecular complexity index is 1110. The molecule has 32 heavy (non-hydrogen) atoms. The van der Waals surface area contributed by atoms with Gasteiger partial charge in [0.05, 0.1) is 12.5 Å². The molecule has 0 spiro atoms. The zero-order chi connectivity index (χ0) is 23.9. The van der Waals surface area contributed by atoms with Gasteiger partial charge in [0, 0.05) is 23.4 Å². The molecule has 0 aromatic heterocycles. The van der Waals surface area contributed by atoms with Gasteiger partial charge in [0.15, 0.2) is 0 Å². The number of hydrazine groups is 1. The number of carbonyl (C=O) groups excluding carboxylic acids is 3. The van der Waals surface area contributed by atoms with Gasteiger partial charge >= 0.3 is 0 Å². The second-order valence-corrected chi connectivity index (χ2v) is 8.77. The van der Waals surface area contributed by atoms with Crippen LogP contribution in [0.15, 0.2) is 47.4 Å². The minimum atomic E-state index is -4.74. The predicted molar refractivity (Wildman–Crippen MR) is 115 cm³/mol. The van der Waals surface area contributed by atoms with Crippen molar-refractivity contribution in [1.82, 2.24) is 10.9 Å². The Morgan fingerprint density at radius 1 is 1.06 bits per heavy atom. The lowest BCUT2D eigenvalue weighted by Crippen LogP contribution is -2.49. The number of ketones is 1. The Balaban J connectivity index is 1.84. The number of hydrogen-bond donors (Lipinski definition) is 5. The lowest BCUT2D eigenvalue weighted by molar-refractivity contribution is -0.129. The summed E-state index contributed by atoms with van der Waals surface area (Å²) in [7, 11) is -4.74. The van der Waals surface area contributed by atoms with E-state index in [4.69, 9.17) is 21.9 Å². The third-order valence-corrected chi connectivity index (χ3v) is 5.47. The number of Topliss-reactive ketones (excluding diaryl/α,β-unsaturated/α-hetero) is 1. The van der Waals surface area contributed by atoms with Gasteiger partial charge in [-0.25, -0.2) is 0 Å². The van der Waals surface area contributed by atoms with Crippen molar-refractivity contribution < 1.29 is 32.5 Å². The highest BCUT2D eigenvalue weighted by Crippen LogP contribution is 2.31. The summed E-state index contributed by atoms with van der Waals surface area (Å²) in [5.74, 6) is -2.38. The first kappa shape index (κ1) is 25.3. The molecule has 0 aliphatic rings. The van der Waals surface area contributed by atoms with Crippen LogP contribution in [0.5, 0.6) is 5.75 Å². The molecule has 172 valence electrons. The van der Waals surface area contributed by atoms with Gasteiger partial charge in [0.25, 0.3) is 16.0 Å². The molecule has 2 aromatic rings. The van der Waals surface area contributed by atoms with Crippen molar-refractivity contribution in [3.8, 4) is 5.75 Å². The van der Waals surface area contributed by atoms with Crippen LogP contribution in [0.4, 0.5) is 0 Å². The molecule has 0 aliphatic carbocycles. The maximum atomic E-state index is 12.2. The van der Waals surface area contributed by atoms with Crippen molar-refractivity contribution in [1.29, 1.82) is 0 Å². The lowest BCUT2D eigenvalue weighted by atomic mass is 10.0. The zero-order valence-corrected chi connectivity index (χ0v) is 18.3. The minimum absolute atomic E-state index is 0.0590. The molecule has 0 fully saturated rings. The van der Waals surface area contributed by atoms with Crippen LogP contribution in [-0.4, -0.2) is 41.7 Å². The van der Waals surface area contributed by atoms with Crippen LogP contribution in [0, 0.1) is 0 Å². The molecule has 2 aromatic carbocycles. The van der Waals surface area contributed by atoms with Crippen LogP contribution in [-0.2, 0) is 37.3 Å². The summed E-state index contributed by atoms with van der Waals surface area (Å²) in [6.07, 6.45) is -0.563. The van der Waals surface area contributed by atoms with Gasteiger partial charge in [-0.2, -0.15) is 8.42 Å². The lowest BCUT2D eigenvalue weighted by Gasteiger charge is -2.13. The monoisotopic (exact) mass is 483 g/mol. The topological polar surface area (TPSA) is 176 Å². The summed E-state index contributed by atoms with van der Waals surface area (Å²) >= 11 is 5.79. The average Bonchev–Trinajstić information content (AvgIpc) is 2.72. The summed E-state index contributed by atoms with van der Waals surface area (Å²) in [6, 6.07) is 9.83. The predicted octanol–water partition coefficient (Wildman–Crippen LogP) is 0.901. The smallest absolute Gasteiger partial charge is 0.298 e. The van der Waals surface area contributed by atoms with Gasteiger partial charge in [-0.3, -0.25) is 29.8 Å². The summed E-state index contributed by atoms with van der Waals surface area (Å²) in [5, 5.41) is 9.92. The summed E-state index contributed by atoms with van der Waals surface area (Å²) < 4.78 is 31.8.